The van der Waals surface area contributed by atoms with Gasteiger partial charge in [0.05, 0.1) is 5.92 Å². The number of carbonyl (C=O) groups excluding carboxylic acids is 2. The van der Waals surface area contributed by atoms with Crippen LogP contribution in [0.1, 0.15) is 69.5 Å². The largest absolute Gasteiger partial charge is 0.342 e. The van der Waals surface area contributed by atoms with Crippen molar-refractivity contribution in [3.8, 4) is 0 Å². The van der Waals surface area contributed by atoms with Crippen LogP contribution in [-0.4, -0.2) is 62.1 Å². The van der Waals surface area contributed by atoms with Crippen LogP contribution in [0.5, 0.6) is 0 Å². The average molecular weight is 406 g/mol. The third-order valence-electron chi connectivity index (χ3n) is 6.79. The van der Waals surface area contributed by atoms with Crippen molar-refractivity contribution in [1.82, 2.24) is 24.6 Å². The predicted octanol–water partition coefficient (Wildman–Crippen LogP) is 2.75. The SMILES string of the molecule is Cn1c(C2CCCN(C(=O)C3CC(=O)N(C4CCCCCC4)C3)C2)n[nH]c1=S. The lowest BCUT2D eigenvalue weighted by Gasteiger charge is -2.34. The molecule has 1 saturated carbocycles. The van der Waals surface area contributed by atoms with Crippen molar-refractivity contribution in [3.05, 3.63) is 10.6 Å². The average Bonchev–Trinajstić information content (AvgIpc) is 3.11. The van der Waals surface area contributed by atoms with E-state index in [2.05, 4.69) is 10.2 Å². The Labute approximate surface area is 171 Å². The minimum atomic E-state index is -0.183. The summed E-state index contributed by atoms with van der Waals surface area (Å²) in [5, 5.41) is 7.22. The van der Waals surface area contributed by atoms with E-state index in [1.54, 1.807) is 0 Å². The molecule has 0 spiro atoms. The summed E-state index contributed by atoms with van der Waals surface area (Å²) in [6.07, 6.45) is 9.48. The summed E-state index contributed by atoms with van der Waals surface area (Å²) in [6, 6.07) is 0.343. The highest BCUT2D eigenvalue weighted by Crippen LogP contribution is 2.31. The number of aromatic amines is 1. The van der Waals surface area contributed by atoms with E-state index in [-0.39, 0.29) is 23.7 Å². The number of likely N-dealkylation sites (tertiary alicyclic amines) is 2. The Bertz CT molecular complexity index is 780. The zero-order chi connectivity index (χ0) is 19.7. The Morgan fingerprint density at radius 3 is 2.54 bits per heavy atom. The highest BCUT2D eigenvalue weighted by molar-refractivity contribution is 7.71. The van der Waals surface area contributed by atoms with Gasteiger partial charge in [0.1, 0.15) is 5.82 Å². The van der Waals surface area contributed by atoms with E-state index in [0.717, 1.165) is 38.1 Å². The van der Waals surface area contributed by atoms with Gasteiger partial charge in [-0.15, -0.1) is 0 Å². The monoisotopic (exact) mass is 405 g/mol. The summed E-state index contributed by atoms with van der Waals surface area (Å²) in [5.74, 6) is 1.26. The Kier molecular flexibility index (Phi) is 5.85. The van der Waals surface area contributed by atoms with Gasteiger partial charge in [-0.05, 0) is 37.9 Å². The molecule has 8 heteroatoms. The minimum Gasteiger partial charge on any atom is -0.342 e. The van der Waals surface area contributed by atoms with Crippen LogP contribution in [0.15, 0.2) is 0 Å². The van der Waals surface area contributed by atoms with Gasteiger partial charge in [0.2, 0.25) is 11.8 Å². The van der Waals surface area contributed by atoms with Crippen LogP contribution in [0.3, 0.4) is 0 Å². The van der Waals surface area contributed by atoms with Crippen LogP contribution in [-0.2, 0) is 16.6 Å². The van der Waals surface area contributed by atoms with Crippen molar-refractivity contribution in [2.75, 3.05) is 19.6 Å². The number of nitrogens with zero attached hydrogens (tertiary/aromatic N) is 4. The van der Waals surface area contributed by atoms with Crippen molar-refractivity contribution >= 4 is 24.0 Å². The molecule has 3 heterocycles. The molecule has 7 nitrogen and oxygen atoms in total. The molecule has 154 valence electrons. The second-order valence-electron chi connectivity index (χ2n) is 8.66. The first-order valence-electron chi connectivity index (χ1n) is 10.7. The summed E-state index contributed by atoms with van der Waals surface area (Å²) >= 11 is 5.23. The standard InChI is InChI=1S/C20H31N5O2S/c1-23-18(21-22-20(23)28)14-7-6-10-24(12-14)19(27)15-11-17(26)25(13-15)16-8-4-2-3-5-9-16/h14-16H,2-13H2,1H3,(H,22,28). The molecule has 2 amide bonds. The molecule has 2 atom stereocenters. The highest BCUT2D eigenvalue weighted by atomic mass is 32.1. The zero-order valence-corrected chi connectivity index (χ0v) is 17.5. The second-order valence-corrected chi connectivity index (χ2v) is 9.05. The van der Waals surface area contributed by atoms with Crippen LogP contribution in [0.25, 0.3) is 0 Å². The summed E-state index contributed by atoms with van der Waals surface area (Å²) in [4.78, 5) is 29.8. The van der Waals surface area contributed by atoms with E-state index in [1.165, 1.54) is 25.7 Å². The van der Waals surface area contributed by atoms with Crippen molar-refractivity contribution in [2.45, 2.75) is 69.7 Å². The van der Waals surface area contributed by atoms with Crippen molar-refractivity contribution in [1.29, 1.82) is 0 Å². The molecule has 1 aromatic heterocycles. The lowest BCUT2D eigenvalue weighted by molar-refractivity contribution is -0.137. The number of H-pyrrole nitrogens is 1. The minimum absolute atomic E-state index is 0.144. The van der Waals surface area contributed by atoms with Gasteiger partial charge >= 0.3 is 0 Å². The zero-order valence-electron chi connectivity index (χ0n) is 16.7. The Balaban J connectivity index is 1.40. The first-order valence-corrected chi connectivity index (χ1v) is 11.1. The predicted molar refractivity (Wildman–Crippen MR) is 108 cm³/mol. The molecule has 1 N–H and O–H groups in total. The van der Waals surface area contributed by atoms with E-state index < -0.39 is 0 Å². The fraction of sp³-hybridized carbons (Fsp3) is 0.800. The maximum atomic E-state index is 13.2. The van der Waals surface area contributed by atoms with Gasteiger partial charge in [-0.3, -0.25) is 14.7 Å². The number of aromatic nitrogens is 3. The molecular formula is C20H31N5O2S. The second kappa shape index (κ2) is 8.35. The number of hydrogen-bond acceptors (Lipinski definition) is 4. The van der Waals surface area contributed by atoms with E-state index in [1.807, 2.05) is 21.4 Å². The smallest absolute Gasteiger partial charge is 0.228 e. The van der Waals surface area contributed by atoms with E-state index in [9.17, 15) is 9.59 Å². The number of rotatable bonds is 3. The molecule has 0 radical (unpaired) electrons. The maximum absolute atomic E-state index is 13.2. The molecular weight excluding hydrogens is 374 g/mol. The van der Waals surface area contributed by atoms with Crippen LogP contribution < -0.4 is 0 Å². The molecule has 2 saturated heterocycles. The van der Waals surface area contributed by atoms with Gasteiger partial charge in [-0.1, -0.05) is 25.7 Å². The lowest BCUT2D eigenvalue weighted by atomic mass is 9.95. The number of piperidine rings is 1. The van der Waals surface area contributed by atoms with Gasteiger partial charge in [0.25, 0.3) is 0 Å². The quantitative estimate of drug-likeness (QED) is 0.620. The maximum Gasteiger partial charge on any atom is 0.228 e. The summed E-state index contributed by atoms with van der Waals surface area (Å²) in [5.41, 5.74) is 0. The molecule has 1 aromatic rings. The Hall–Kier alpha value is -1.70. The summed E-state index contributed by atoms with van der Waals surface area (Å²) in [6.45, 7) is 2.05. The topological polar surface area (TPSA) is 74.2 Å². The summed E-state index contributed by atoms with van der Waals surface area (Å²) < 4.78 is 2.51. The molecule has 28 heavy (non-hydrogen) atoms. The molecule has 3 fully saturated rings. The van der Waals surface area contributed by atoms with Crippen LogP contribution in [0, 0.1) is 10.7 Å². The Morgan fingerprint density at radius 2 is 1.86 bits per heavy atom. The molecule has 3 aliphatic rings. The van der Waals surface area contributed by atoms with E-state index >= 15 is 0 Å². The van der Waals surface area contributed by atoms with Gasteiger partial charge in [-0.2, -0.15) is 5.10 Å². The van der Waals surface area contributed by atoms with Gasteiger partial charge in [0, 0.05) is 45.1 Å². The number of hydrogen-bond donors (Lipinski definition) is 1. The Morgan fingerprint density at radius 1 is 1.11 bits per heavy atom. The van der Waals surface area contributed by atoms with Crippen LogP contribution in [0.2, 0.25) is 0 Å². The number of carbonyl (C=O) groups is 2. The number of nitrogens with one attached hydrogen (secondary N) is 1. The first kappa shape index (κ1) is 19.6. The van der Waals surface area contributed by atoms with Crippen LogP contribution >= 0.6 is 12.2 Å². The lowest BCUT2D eigenvalue weighted by Crippen LogP contribution is -2.44. The summed E-state index contributed by atoms with van der Waals surface area (Å²) in [7, 11) is 1.92. The first-order chi connectivity index (χ1) is 13.5. The number of amides is 2. The van der Waals surface area contributed by atoms with E-state index in [4.69, 9.17) is 12.2 Å². The molecule has 2 unspecified atom stereocenters. The van der Waals surface area contributed by atoms with Crippen LogP contribution in [0.4, 0.5) is 0 Å². The van der Waals surface area contributed by atoms with Gasteiger partial charge in [0.15, 0.2) is 4.77 Å². The van der Waals surface area contributed by atoms with Gasteiger partial charge < -0.3 is 14.4 Å². The molecule has 2 aliphatic heterocycles. The fourth-order valence-electron chi connectivity index (χ4n) is 5.19. The highest BCUT2D eigenvalue weighted by Gasteiger charge is 2.40. The molecule has 1 aliphatic carbocycles. The molecule has 4 rings (SSSR count). The van der Waals surface area contributed by atoms with Gasteiger partial charge in [-0.25, -0.2) is 0 Å². The normalized spacial score (nSPS) is 27.2. The molecule has 0 aromatic carbocycles. The molecule has 0 bridgehead atoms. The third-order valence-corrected chi connectivity index (χ3v) is 7.15. The van der Waals surface area contributed by atoms with E-state index in [0.29, 0.717) is 30.3 Å². The third kappa shape index (κ3) is 3.88. The van der Waals surface area contributed by atoms with Crippen molar-refractivity contribution < 1.29 is 9.59 Å². The fourth-order valence-corrected chi connectivity index (χ4v) is 5.33. The van der Waals surface area contributed by atoms with Crippen molar-refractivity contribution in [3.63, 3.8) is 0 Å². The van der Waals surface area contributed by atoms with Crippen molar-refractivity contribution in [2.24, 2.45) is 13.0 Å².